The fraction of sp³-hybridized carbons (Fsp3) is 0.481. The van der Waals surface area contributed by atoms with Gasteiger partial charge in [0.05, 0.1) is 24.2 Å². The van der Waals surface area contributed by atoms with Crippen LogP contribution in [0.3, 0.4) is 0 Å². The van der Waals surface area contributed by atoms with Crippen molar-refractivity contribution in [1.29, 1.82) is 0 Å². The lowest BCUT2D eigenvalue weighted by molar-refractivity contribution is -0.129. The largest absolute Gasteiger partial charge is 0.393 e. The SMILES string of the molecule is [C-]#[N+]c1c(-c2ccc(C(C)C(=O)Cc3cc(C45CC(C)(C4)C5)no3)cc2)nn(C2(C)CC2)c1N. The molecule has 7 nitrogen and oxygen atoms in total. The number of aromatic nitrogens is 3. The van der Waals surface area contributed by atoms with Crippen LogP contribution in [0.1, 0.15) is 75.8 Å². The molecule has 174 valence electrons. The van der Waals surface area contributed by atoms with Gasteiger partial charge in [-0.3, -0.25) is 9.48 Å². The summed E-state index contributed by atoms with van der Waals surface area (Å²) in [5.41, 5.74) is 10.6. The molecule has 3 aromatic rings. The fourth-order valence-corrected chi connectivity index (χ4v) is 6.19. The number of nitrogen functional groups attached to an aromatic ring is 1. The van der Waals surface area contributed by atoms with Crippen molar-refractivity contribution in [2.45, 2.75) is 76.2 Å². The van der Waals surface area contributed by atoms with Gasteiger partial charge in [-0.2, -0.15) is 5.10 Å². The molecule has 1 atom stereocenters. The van der Waals surface area contributed by atoms with Crippen LogP contribution >= 0.6 is 0 Å². The predicted octanol–water partition coefficient (Wildman–Crippen LogP) is 5.54. The van der Waals surface area contributed by atoms with E-state index in [-0.39, 0.29) is 29.1 Å². The van der Waals surface area contributed by atoms with Gasteiger partial charge in [0, 0.05) is 17.4 Å². The Bertz CT molecular complexity index is 1330. The van der Waals surface area contributed by atoms with Crippen molar-refractivity contribution in [3.05, 3.63) is 58.8 Å². The lowest BCUT2D eigenvalue weighted by Gasteiger charge is -2.68. The number of benzene rings is 1. The van der Waals surface area contributed by atoms with Crippen LogP contribution in [-0.4, -0.2) is 20.7 Å². The topological polar surface area (TPSA) is 91.3 Å². The molecule has 4 aliphatic carbocycles. The number of Topliss-reactive ketones (excluding diaryl/α,β-unsaturated/α-hetero) is 1. The van der Waals surface area contributed by atoms with Crippen molar-refractivity contribution in [2.75, 3.05) is 5.73 Å². The summed E-state index contributed by atoms with van der Waals surface area (Å²) in [7, 11) is 0. The number of nitrogens with two attached hydrogens (primary N) is 1. The van der Waals surface area contributed by atoms with Crippen molar-refractivity contribution in [2.24, 2.45) is 5.41 Å². The van der Waals surface area contributed by atoms with Crippen LogP contribution in [-0.2, 0) is 22.2 Å². The standard InChI is InChI=1S/C27H29N5O2/c1-16(20(33)11-19-12-21(31-34-19)27-13-25(2,14-27)15-27)17-5-7-18(8-6-17)22-23(29-4)24(28)32(30-22)26(3)9-10-26/h5-8,12,16H,9-11,13-15,28H2,1-3H3. The van der Waals surface area contributed by atoms with Crippen LogP contribution in [0.25, 0.3) is 16.1 Å². The Morgan fingerprint density at radius 3 is 2.50 bits per heavy atom. The van der Waals surface area contributed by atoms with E-state index in [4.69, 9.17) is 16.8 Å². The zero-order valence-electron chi connectivity index (χ0n) is 19.9. The van der Waals surface area contributed by atoms with Crippen LogP contribution in [0.4, 0.5) is 11.5 Å². The van der Waals surface area contributed by atoms with Gasteiger partial charge in [-0.25, -0.2) is 4.85 Å². The Labute approximate surface area is 199 Å². The van der Waals surface area contributed by atoms with Crippen molar-refractivity contribution in [1.82, 2.24) is 14.9 Å². The summed E-state index contributed by atoms with van der Waals surface area (Å²) < 4.78 is 7.33. The minimum absolute atomic E-state index is 0.0835. The average Bonchev–Trinajstić information content (AvgIpc) is 3.20. The van der Waals surface area contributed by atoms with Gasteiger partial charge in [0.2, 0.25) is 0 Å². The quantitative estimate of drug-likeness (QED) is 0.473. The molecular formula is C27H29N5O2. The molecule has 1 aromatic carbocycles. The molecule has 2 aromatic heterocycles. The summed E-state index contributed by atoms with van der Waals surface area (Å²) >= 11 is 0. The predicted molar refractivity (Wildman–Crippen MR) is 128 cm³/mol. The monoisotopic (exact) mass is 455 g/mol. The highest BCUT2D eigenvalue weighted by Crippen LogP contribution is 2.73. The van der Waals surface area contributed by atoms with Crippen molar-refractivity contribution < 1.29 is 9.32 Å². The lowest BCUT2D eigenvalue weighted by Crippen LogP contribution is -2.63. The Morgan fingerprint density at radius 1 is 1.24 bits per heavy atom. The van der Waals surface area contributed by atoms with E-state index in [0.717, 1.165) is 29.7 Å². The van der Waals surface area contributed by atoms with Gasteiger partial charge < -0.3 is 10.3 Å². The first-order chi connectivity index (χ1) is 16.2. The first-order valence-corrected chi connectivity index (χ1v) is 12.0. The van der Waals surface area contributed by atoms with Crippen LogP contribution in [0, 0.1) is 12.0 Å². The molecule has 0 amide bonds. The number of nitrogens with zero attached hydrogens (tertiary/aromatic N) is 4. The smallest absolute Gasteiger partial charge is 0.254 e. The van der Waals surface area contributed by atoms with Crippen LogP contribution in [0.5, 0.6) is 0 Å². The number of hydrogen-bond donors (Lipinski definition) is 1. The number of carbonyl (C=O) groups excluding carboxylic acids is 1. The van der Waals surface area contributed by atoms with Crippen LogP contribution in [0.2, 0.25) is 0 Å². The molecule has 0 radical (unpaired) electrons. The maximum atomic E-state index is 13.0. The van der Waals surface area contributed by atoms with Gasteiger partial charge in [0.15, 0.2) is 0 Å². The normalized spacial score (nSPS) is 26.8. The van der Waals surface area contributed by atoms with E-state index >= 15 is 0 Å². The van der Waals surface area contributed by atoms with Gasteiger partial charge in [-0.15, -0.1) is 0 Å². The first kappa shape index (κ1) is 21.2. The van der Waals surface area contributed by atoms with E-state index in [0.29, 0.717) is 28.4 Å². The maximum Gasteiger partial charge on any atom is 0.254 e. The molecule has 2 N–H and O–H groups in total. The number of rotatable bonds is 7. The van der Waals surface area contributed by atoms with Gasteiger partial charge in [0.25, 0.3) is 5.69 Å². The van der Waals surface area contributed by atoms with Gasteiger partial charge in [-0.1, -0.05) is 43.3 Å². The second-order valence-corrected chi connectivity index (χ2v) is 11.4. The first-order valence-electron chi connectivity index (χ1n) is 12.0. The van der Waals surface area contributed by atoms with Crippen LogP contribution in [0.15, 0.2) is 34.9 Å². The Hall–Kier alpha value is -3.40. The van der Waals surface area contributed by atoms with Crippen LogP contribution < -0.4 is 5.73 Å². The molecule has 0 saturated heterocycles. The number of anilines is 1. The van der Waals surface area contributed by atoms with Crippen molar-refractivity contribution >= 4 is 17.3 Å². The molecule has 7 rings (SSSR count). The second kappa shape index (κ2) is 6.82. The van der Waals surface area contributed by atoms with Gasteiger partial charge in [0.1, 0.15) is 23.1 Å². The third-order valence-electron chi connectivity index (χ3n) is 8.41. The average molecular weight is 456 g/mol. The molecule has 4 saturated carbocycles. The van der Waals surface area contributed by atoms with Gasteiger partial charge in [-0.05, 0) is 55.6 Å². The summed E-state index contributed by atoms with van der Waals surface area (Å²) in [6.07, 6.45) is 5.82. The molecule has 34 heavy (non-hydrogen) atoms. The molecule has 4 aliphatic rings. The summed E-state index contributed by atoms with van der Waals surface area (Å²) in [4.78, 5) is 16.6. The van der Waals surface area contributed by atoms with Crippen molar-refractivity contribution in [3.8, 4) is 11.3 Å². The van der Waals surface area contributed by atoms with E-state index in [2.05, 4.69) is 28.9 Å². The summed E-state index contributed by atoms with van der Waals surface area (Å²) in [5, 5.41) is 8.97. The van der Waals surface area contributed by atoms with Crippen molar-refractivity contribution in [3.63, 3.8) is 0 Å². The molecule has 7 heteroatoms. The molecule has 2 heterocycles. The third kappa shape index (κ3) is 3.04. The number of hydrogen-bond acceptors (Lipinski definition) is 5. The summed E-state index contributed by atoms with van der Waals surface area (Å²) in [5.74, 6) is 0.897. The second-order valence-electron chi connectivity index (χ2n) is 11.4. The zero-order chi connectivity index (χ0) is 23.9. The van der Waals surface area contributed by atoms with E-state index in [1.54, 1.807) is 4.68 Å². The van der Waals surface area contributed by atoms with Gasteiger partial charge >= 0.3 is 0 Å². The number of carbonyl (C=O) groups is 1. The Morgan fingerprint density at radius 2 is 1.91 bits per heavy atom. The van der Waals surface area contributed by atoms with E-state index in [9.17, 15) is 4.79 Å². The molecule has 2 bridgehead atoms. The lowest BCUT2D eigenvalue weighted by atomic mass is 9.35. The molecule has 4 fully saturated rings. The molecule has 0 spiro atoms. The highest BCUT2D eigenvalue weighted by atomic mass is 16.5. The molecular weight excluding hydrogens is 426 g/mol. The fourth-order valence-electron chi connectivity index (χ4n) is 6.19. The minimum Gasteiger partial charge on any atom is -0.393 e. The summed E-state index contributed by atoms with van der Waals surface area (Å²) in [6.45, 7) is 13.9. The Balaban J connectivity index is 1.17. The van der Waals surface area contributed by atoms with E-state index in [1.165, 1.54) is 19.3 Å². The zero-order valence-corrected chi connectivity index (χ0v) is 19.9. The number of ketones is 1. The Kier molecular flexibility index (Phi) is 4.24. The minimum atomic E-state index is -0.273. The highest BCUT2D eigenvalue weighted by molar-refractivity contribution is 5.87. The van der Waals surface area contributed by atoms with E-state index < -0.39 is 0 Å². The molecule has 0 aliphatic heterocycles. The third-order valence-corrected chi connectivity index (χ3v) is 8.41. The summed E-state index contributed by atoms with van der Waals surface area (Å²) in [6, 6.07) is 9.71. The van der Waals surface area contributed by atoms with E-state index in [1.807, 2.05) is 37.3 Å². The highest BCUT2D eigenvalue weighted by Gasteiger charge is 2.66. The molecule has 1 unspecified atom stereocenters. The maximum absolute atomic E-state index is 13.0.